The Kier molecular flexibility index (Phi) is 6.13. The topological polar surface area (TPSA) is 58.9 Å². The molecular formula is C26H27FN6. The van der Waals surface area contributed by atoms with E-state index in [-0.39, 0.29) is 17.8 Å². The molecule has 4 aromatic rings. The molecule has 2 atom stereocenters. The number of imidazole rings is 1. The zero-order valence-electron chi connectivity index (χ0n) is 18.6. The van der Waals surface area contributed by atoms with Gasteiger partial charge in [0.05, 0.1) is 17.7 Å². The maximum atomic E-state index is 13.3. The molecule has 2 aromatic carbocycles. The number of piperidine rings is 1. The molecule has 6 nitrogen and oxygen atoms in total. The highest BCUT2D eigenvalue weighted by Gasteiger charge is 2.31. The fraction of sp³-hybridized carbons (Fsp3) is 0.269. The summed E-state index contributed by atoms with van der Waals surface area (Å²) < 4.78 is 15.5. The molecule has 5 rings (SSSR count). The molecule has 1 aliphatic rings. The monoisotopic (exact) mass is 442 g/mol. The highest BCUT2D eigenvalue weighted by molar-refractivity contribution is 5.57. The molecule has 0 aliphatic carbocycles. The predicted octanol–water partition coefficient (Wildman–Crippen LogP) is 4.75. The van der Waals surface area contributed by atoms with Crippen molar-refractivity contribution in [3.8, 4) is 11.3 Å². The molecule has 0 saturated carbocycles. The van der Waals surface area contributed by atoms with Crippen LogP contribution in [0.2, 0.25) is 0 Å². The molecule has 0 bridgehead atoms. The fourth-order valence-electron chi connectivity index (χ4n) is 4.48. The highest BCUT2D eigenvalue weighted by Crippen LogP contribution is 2.36. The Bertz CT molecular complexity index is 1190. The van der Waals surface area contributed by atoms with Crippen molar-refractivity contribution in [1.29, 1.82) is 0 Å². The van der Waals surface area contributed by atoms with Crippen LogP contribution in [0.25, 0.3) is 11.3 Å². The van der Waals surface area contributed by atoms with Crippen LogP contribution in [0.4, 0.5) is 10.3 Å². The summed E-state index contributed by atoms with van der Waals surface area (Å²) in [6.07, 6.45) is 6.78. The van der Waals surface area contributed by atoms with Gasteiger partial charge in [0.2, 0.25) is 5.95 Å². The lowest BCUT2D eigenvalue weighted by Crippen LogP contribution is -2.38. The smallest absolute Gasteiger partial charge is 0.223 e. The van der Waals surface area contributed by atoms with Gasteiger partial charge in [-0.25, -0.2) is 19.3 Å². The molecule has 1 saturated heterocycles. The van der Waals surface area contributed by atoms with E-state index in [2.05, 4.69) is 50.1 Å². The third-order valence-electron chi connectivity index (χ3n) is 6.25. The lowest BCUT2D eigenvalue weighted by Gasteiger charge is -2.37. The van der Waals surface area contributed by atoms with Gasteiger partial charge in [-0.05, 0) is 55.9 Å². The lowest BCUT2D eigenvalue weighted by molar-refractivity contribution is 0.189. The van der Waals surface area contributed by atoms with E-state index >= 15 is 0 Å². The minimum atomic E-state index is -0.242. The first kappa shape index (κ1) is 21.3. The van der Waals surface area contributed by atoms with Gasteiger partial charge in [-0.3, -0.25) is 0 Å². The molecule has 2 unspecified atom stereocenters. The third-order valence-corrected chi connectivity index (χ3v) is 6.25. The summed E-state index contributed by atoms with van der Waals surface area (Å²) in [4.78, 5) is 16.2. The Labute approximate surface area is 193 Å². The number of halogens is 1. The summed E-state index contributed by atoms with van der Waals surface area (Å²) in [7, 11) is 2.15. The van der Waals surface area contributed by atoms with Gasteiger partial charge in [0.25, 0.3) is 0 Å². The summed E-state index contributed by atoms with van der Waals surface area (Å²) in [5, 5.41) is 3.35. The van der Waals surface area contributed by atoms with Crippen LogP contribution < -0.4 is 5.32 Å². The van der Waals surface area contributed by atoms with E-state index in [1.165, 1.54) is 17.7 Å². The van der Waals surface area contributed by atoms with Gasteiger partial charge in [-0.2, -0.15) is 0 Å². The average Bonchev–Trinajstić information content (AvgIpc) is 3.34. The highest BCUT2D eigenvalue weighted by atomic mass is 19.1. The maximum Gasteiger partial charge on any atom is 0.223 e. The zero-order chi connectivity index (χ0) is 22.6. The quantitative estimate of drug-likeness (QED) is 0.467. The van der Waals surface area contributed by atoms with Crippen LogP contribution in [0.1, 0.15) is 29.6 Å². The van der Waals surface area contributed by atoms with Gasteiger partial charge in [-0.15, -0.1) is 0 Å². The van der Waals surface area contributed by atoms with Crippen molar-refractivity contribution in [2.24, 2.45) is 0 Å². The van der Waals surface area contributed by atoms with Crippen molar-refractivity contribution < 1.29 is 4.39 Å². The van der Waals surface area contributed by atoms with E-state index in [4.69, 9.17) is 4.98 Å². The summed E-state index contributed by atoms with van der Waals surface area (Å²) in [6.45, 7) is 2.60. The van der Waals surface area contributed by atoms with Crippen molar-refractivity contribution in [1.82, 2.24) is 24.4 Å². The molecule has 33 heavy (non-hydrogen) atoms. The molecule has 0 amide bonds. The zero-order valence-corrected chi connectivity index (χ0v) is 18.6. The number of benzene rings is 2. The van der Waals surface area contributed by atoms with E-state index in [9.17, 15) is 4.39 Å². The second kappa shape index (κ2) is 9.50. The van der Waals surface area contributed by atoms with E-state index in [1.807, 2.05) is 36.8 Å². The average molecular weight is 443 g/mol. The molecule has 168 valence electrons. The Morgan fingerprint density at radius 3 is 2.67 bits per heavy atom. The number of aromatic nitrogens is 4. The third kappa shape index (κ3) is 4.93. The van der Waals surface area contributed by atoms with Crippen LogP contribution in [-0.4, -0.2) is 44.6 Å². The molecule has 2 aromatic heterocycles. The minimum Gasteiger partial charge on any atom is -0.350 e. The van der Waals surface area contributed by atoms with Gasteiger partial charge >= 0.3 is 0 Å². The van der Waals surface area contributed by atoms with Gasteiger partial charge in [0, 0.05) is 43.0 Å². The Morgan fingerprint density at radius 1 is 1.03 bits per heavy atom. The van der Waals surface area contributed by atoms with E-state index in [1.54, 1.807) is 12.1 Å². The van der Waals surface area contributed by atoms with E-state index in [0.717, 1.165) is 36.5 Å². The summed E-state index contributed by atoms with van der Waals surface area (Å²) in [5.41, 5.74) is 3.97. The molecule has 1 N–H and O–H groups in total. The number of rotatable bonds is 6. The first-order valence-corrected chi connectivity index (χ1v) is 11.2. The van der Waals surface area contributed by atoms with Gasteiger partial charge in [0.15, 0.2) is 0 Å². The molecular weight excluding hydrogens is 415 g/mol. The standard InChI is InChI=1S/C26H27FN6/c1-32-14-12-25(33-17-24(30-18-33)20-7-9-21(27)10-8-20)22(16-32)23-11-13-28-26(31-23)29-15-19-5-3-2-4-6-19/h2-11,13,17-18,22,25H,12,14-16H2,1H3,(H,28,29,31). The van der Waals surface area contributed by atoms with Crippen molar-refractivity contribution in [2.45, 2.75) is 24.9 Å². The summed E-state index contributed by atoms with van der Waals surface area (Å²) in [6, 6.07) is 19.0. The van der Waals surface area contributed by atoms with Crippen molar-refractivity contribution >= 4 is 5.95 Å². The SMILES string of the molecule is CN1CCC(n2cnc(-c3ccc(F)cc3)c2)C(c2ccnc(NCc3ccccc3)n2)C1. The maximum absolute atomic E-state index is 13.3. The molecule has 0 spiro atoms. The lowest BCUT2D eigenvalue weighted by atomic mass is 9.89. The molecule has 1 fully saturated rings. The molecule has 7 heteroatoms. The number of hydrogen-bond acceptors (Lipinski definition) is 5. The van der Waals surface area contributed by atoms with Crippen LogP contribution in [0.3, 0.4) is 0 Å². The molecule has 3 heterocycles. The number of anilines is 1. The van der Waals surface area contributed by atoms with E-state index < -0.39 is 0 Å². The normalized spacial score (nSPS) is 18.8. The van der Waals surface area contributed by atoms with Crippen molar-refractivity contribution in [3.05, 3.63) is 96.5 Å². The fourth-order valence-corrected chi connectivity index (χ4v) is 4.48. The van der Waals surface area contributed by atoms with Gasteiger partial charge in [-0.1, -0.05) is 30.3 Å². The van der Waals surface area contributed by atoms with Crippen LogP contribution >= 0.6 is 0 Å². The Hall–Kier alpha value is -3.58. The van der Waals surface area contributed by atoms with Gasteiger partial charge in [0.1, 0.15) is 5.82 Å². The number of hydrogen-bond donors (Lipinski definition) is 1. The molecule has 0 radical (unpaired) electrons. The predicted molar refractivity (Wildman–Crippen MR) is 127 cm³/mol. The largest absolute Gasteiger partial charge is 0.350 e. The van der Waals surface area contributed by atoms with Crippen LogP contribution in [-0.2, 0) is 6.54 Å². The number of nitrogens with one attached hydrogen (secondary N) is 1. The first-order chi connectivity index (χ1) is 16.2. The van der Waals surface area contributed by atoms with Crippen molar-refractivity contribution in [2.75, 3.05) is 25.5 Å². The summed E-state index contributed by atoms with van der Waals surface area (Å²) in [5.74, 6) is 0.606. The van der Waals surface area contributed by atoms with Crippen LogP contribution in [0.15, 0.2) is 79.4 Å². The van der Waals surface area contributed by atoms with E-state index in [0.29, 0.717) is 12.5 Å². The molecule has 1 aliphatic heterocycles. The minimum absolute atomic E-state index is 0.208. The number of nitrogens with zero attached hydrogens (tertiary/aromatic N) is 5. The number of likely N-dealkylation sites (N-methyl/N-ethyl adjacent to an activating group) is 1. The first-order valence-electron chi connectivity index (χ1n) is 11.2. The second-order valence-electron chi connectivity index (χ2n) is 8.58. The number of likely N-dealkylation sites (tertiary alicyclic amines) is 1. The van der Waals surface area contributed by atoms with Crippen LogP contribution in [0, 0.1) is 5.82 Å². The summed E-state index contributed by atoms with van der Waals surface area (Å²) >= 11 is 0. The second-order valence-corrected chi connectivity index (χ2v) is 8.58. The Balaban J connectivity index is 1.37. The van der Waals surface area contributed by atoms with Gasteiger partial charge < -0.3 is 14.8 Å². The Morgan fingerprint density at radius 2 is 1.85 bits per heavy atom. The van der Waals surface area contributed by atoms with Crippen LogP contribution in [0.5, 0.6) is 0 Å². The van der Waals surface area contributed by atoms with Crippen molar-refractivity contribution in [3.63, 3.8) is 0 Å².